The zero-order valence-electron chi connectivity index (χ0n) is 9.71. The molecule has 0 aliphatic rings. The predicted octanol–water partition coefficient (Wildman–Crippen LogP) is 1.56. The first-order valence-corrected chi connectivity index (χ1v) is 5.23. The number of hydrogen-bond donors (Lipinski definition) is 3. The molecule has 0 aliphatic carbocycles. The third-order valence-electron chi connectivity index (χ3n) is 2.36. The second kappa shape index (κ2) is 5.26. The van der Waals surface area contributed by atoms with Crippen LogP contribution in [-0.2, 0) is 6.18 Å². The molecule has 0 heterocycles. The number of benzene rings is 1. The van der Waals surface area contributed by atoms with E-state index >= 15 is 0 Å². The lowest BCUT2D eigenvalue weighted by Crippen LogP contribution is -2.26. The Morgan fingerprint density at radius 2 is 2.06 bits per heavy atom. The number of carbonyl (C=O) groups excluding carboxylic acids is 1. The van der Waals surface area contributed by atoms with Gasteiger partial charge in [0.2, 0.25) is 5.91 Å². The Balaban J connectivity index is 3.18. The number of nitrogens with two attached hydrogens (primary N) is 2. The molecule has 0 saturated carbocycles. The van der Waals surface area contributed by atoms with Gasteiger partial charge in [-0.3, -0.25) is 4.79 Å². The van der Waals surface area contributed by atoms with Crippen LogP contribution in [0.25, 0.3) is 0 Å². The lowest BCUT2D eigenvalue weighted by Gasteiger charge is -2.16. The highest BCUT2D eigenvalue weighted by Crippen LogP contribution is 2.33. The molecule has 1 unspecified atom stereocenters. The summed E-state index contributed by atoms with van der Waals surface area (Å²) in [6, 6.07) is 3.09. The Labute approximate surface area is 102 Å². The highest BCUT2D eigenvalue weighted by molar-refractivity contribution is 5.95. The molecular formula is C11H14F3N3O. The van der Waals surface area contributed by atoms with Crippen molar-refractivity contribution in [2.45, 2.75) is 19.1 Å². The van der Waals surface area contributed by atoms with Gasteiger partial charge in [0.1, 0.15) is 0 Å². The van der Waals surface area contributed by atoms with Crippen LogP contribution in [0.2, 0.25) is 0 Å². The number of alkyl halides is 3. The van der Waals surface area contributed by atoms with Crippen molar-refractivity contribution in [2.24, 2.45) is 11.5 Å². The zero-order chi connectivity index (χ0) is 13.9. The van der Waals surface area contributed by atoms with Gasteiger partial charge in [-0.05, 0) is 25.1 Å². The van der Waals surface area contributed by atoms with Crippen molar-refractivity contribution >= 4 is 11.6 Å². The van der Waals surface area contributed by atoms with Crippen LogP contribution in [0.15, 0.2) is 18.2 Å². The molecule has 1 atom stereocenters. The van der Waals surface area contributed by atoms with Gasteiger partial charge in [-0.2, -0.15) is 13.2 Å². The molecule has 5 N–H and O–H groups in total. The fourth-order valence-electron chi connectivity index (χ4n) is 1.43. The minimum atomic E-state index is -4.63. The van der Waals surface area contributed by atoms with Crippen LogP contribution < -0.4 is 16.8 Å². The first kappa shape index (κ1) is 14.3. The highest BCUT2D eigenvalue weighted by atomic mass is 19.4. The van der Waals surface area contributed by atoms with E-state index in [0.29, 0.717) is 0 Å². The van der Waals surface area contributed by atoms with Crippen LogP contribution in [0.1, 0.15) is 22.8 Å². The molecule has 1 aromatic rings. The predicted molar refractivity (Wildman–Crippen MR) is 62.1 cm³/mol. The van der Waals surface area contributed by atoms with Crippen molar-refractivity contribution in [2.75, 3.05) is 11.9 Å². The Kier molecular flexibility index (Phi) is 4.18. The van der Waals surface area contributed by atoms with Crippen molar-refractivity contribution in [3.05, 3.63) is 29.3 Å². The van der Waals surface area contributed by atoms with Gasteiger partial charge in [-0.1, -0.05) is 0 Å². The van der Waals surface area contributed by atoms with Gasteiger partial charge in [-0.25, -0.2) is 0 Å². The van der Waals surface area contributed by atoms with Gasteiger partial charge in [0.15, 0.2) is 0 Å². The van der Waals surface area contributed by atoms with E-state index in [-0.39, 0.29) is 18.3 Å². The van der Waals surface area contributed by atoms with Gasteiger partial charge in [0.05, 0.1) is 11.1 Å². The molecule has 1 rings (SSSR count). The van der Waals surface area contributed by atoms with E-state index in [2.05, 4.69) is 5.32 Å². The van der Waals surface area contributed by atoms with E-state index in [4.69, 9.17) is 11.5 Å². The second-order valence-electron chi connectivity index (χ2n) is 3.90. The van der Waals surface area contributed by atoms with Gasteiger partial charge in [0, 0.05) is 18.3 Å². The summed E-state index contributed by atoms with van der Waals surface area (Å²) in [5.41, 5.74) is 8.91. The number of amides is 1. The van der Waals surface area contributed by atoms with E-state index in [1.165, 1.54) is 6.07 Å². The number of nitrogens with one attached hydrogen (secondary N) is 1. The summed E-state index contributed by atoms with van der Waals surface area (Å²) >= 11 is 0. The Hall–Kier alpha value is -1.76. The van der Waals surface area contributed by atoms with Crippen LogP contribution in [0.3, 0.4) is 0 Å². The lowest BCUT2D eigenvalue weighted by atomic mass is 10.1. The molecular weight excluding hydrogens is 247 g/mol. The van der Waals surface area contributed by atoms with Crippen LogP contribution in [-0.4, -0.2) is 18.5 Å². The van der Waals surface area contributed by atoms with E-state index in [0.717, 1.165) is 12.1 Å². The maximum absolute atomic E-state index is 12.7. The molecule has 1 amide bonds. The summed E-state index contributed by atoms with van der Waals surface area (Å²) in [6.07, 6.45) is -4.63. The SMILES string of the molecule is CC(CN)Nc1ccc(C(N)=O)c(C(F)(F)F)c1. The molecule has 100 valence electrons. The average molecular weight is 261 g/mol. The Morgan fingerprint density at radius 3 is 2.50 bits per heavy atom. The summed E-state index contributed by atoms with van der Waals surface area (Å²) in [4.78, 5) is 10.9. The molecule has 4 nitrogen and oxygen atoms in total. The van der Waals surface area contributed by atoms with Crippen molar-refractivity contribution in [1.29, 1.82) is 0 Å². The third-order valence-corrected chi connectivity index (χ3v) is 2.36. The quantitative estimate of drug-likeness (QED) is 0.769. The number of halogens is 3. The number of primary amides is 1. The molecule has 0 radical (unpaired) electrons. The number of carbonyl (C=O) groups is 1. The molecule has 7 heteroatoms. The second-order valence-corrected chi connectivity index (χ2v) is 3.90. The van der Waals surface area contributed by atoms with Gasteiger partial charge in [0.25, 0.3) is 0 Å². The van der Waals surface area contributed by atoms with Gasteiger partial charge < -0.3 is 16.8 Å². The summed E-state index contributed by atoms with van der Waals surface area (Å²) in [6.45, 7) is 2.01. The molecule has 0 aromatic heterocycles. The molecule has 0 bridgehead atoms. The monoisotopic (exact) mass is 261 g/mol. The summed E-state index contributed by atoms with van der Waals surface area (Å²) in [5, 5.41) is 2.79. The number of rotatable bonds is 4. The zero-order valence-corrected chi connectivity index (χ0v) is 9.71. The van der Waals surface area contributed by atoms with E-state index in [1.807, 2.05) is 0 Å². The molecule has 0 aliphatic heterocycles. The van der Waals surface area contributed by atoms with E-state index in [9.17, 15) is 18.0 Å². The smallest absolute Gasteiger partial charge is 0.381 e. The van der Waals surface area contributed by atoms with Crippen molar-refractivity contribution in [1.82, 2.24) is 0 Å². The fraction of sp³-hybridized carbons (Fsp3) is 0.364. The normalized spacial score (nSPS) is 13.2. The third kappa shape index (κ3) is 3.36. The van der Waals surface area contributed by atoms with E-state index < -0.39 is 23.2 Å². The fourth-order valence-corrected chi connectivity index (χ4v) is 1.43. The first-order chi connectivity index (χ1) is 8.25. The van der Waals surface area contributed by atoms with Crippen molar-refractivity contribution < 1.29 is 18.0 Å². The van der Waals surface area contributed by atoms with Crippen LogP contribution in [0, 0.1) is 0 Å². The molecule has 0 saturated heterocycles. The summed E-state index contributed by atoms with van der Waals surface area (Å²) < 4.78 is 38.2. The summed E-state index contributed by atoms with van der Waals surface area (Å²) in [7, 11) is 0. The topological polar surface area (TPSA) is 81.1 Å². The maximum Gasteiger partial charge on any atom is 0.417 e. The number of hydrogen-bond acceptors (Lipinski definition) is 3. The molecule has 0 spiro atoms. The first-order valence-electron chi connectivity index (χ1n) is 5.23. The maximum atomic E-state index is 12.7. The van der Waals surface area contributed by atoms with Crippen LogP contribution in [0.5, 0.6) is 0 Å². The Bertz CT molecular complexity index is 446. The largest absolute Gasteiger partial charge is 0.417 e. The highest BCUT2D eigenvalue weighted by Gasteiger charge is 2.35. The molecule has 0 fully saturated rings. The summed E-state index contributed by atoms with van der Waals surface area (Å²) in [5.74, 6) is -1.11. The standard InChI is InChI=1S/C11H14F3N3O/c1-6(5-15)17-7-2-3-8(10(16)18)9(4-7)11(12,13)14/h2-4,6,17H,5,15H2,1H3,(H2,16,18). The Morgan fingerprint density at radius 1 is 1.44 bits per heavy atom. The minimum absolute atomic E-state index is 0.175. The van der Waals surface area contributed by atoms with Gasteiger partial charge >= 0.3 is 6.18 Å². The van der Waals surface area contributed by atoms with Crippen molar-refractivity contribution in [3.8, 4) is 0 Å². The minimum Gasteiger partial charge on any atom is -0.381 e. The molecule has 1 aromatic carbocycles. The van der Waals surface area contributed by atoms with Crippen molar-refractivity contribution in [3.63, 3.8) is 0 Å². The number of anilines is 1. The average Bonchev–Trinajstić information content (AvgIpc) is 2.27. The molecule has 18 heavy (non-hydrogen) atoms. The van der Waals surface area contributed by atoms with E-state index in [1.54, 1.807) is 6.92 Å². The van der Waals surface area contributed by atoms with Gasteiger partial charge in [-0.15, -0.1) is 0 Å². The van der Waals surface area contributed by atoms with Crippen LogP contribution in [0.4, 0.5) is 18.9 Å². The lowest BCUT2D eigenvalue weighted by molar-refractivity contribution is -0.137. The van der Waals surface area contributed by atoms with Crippen LogP contribution >= 0.6 is 0 Å².